The molecule has 1 aromatic carbocycles. The molecule has 9 heteroatoms. The molecule has 0 radical (unpaired) electrons. The third-order valence-corrected chi connectivity index (χ3v) is 4.61. The number of benzene rings is 1. The van der Waals surface area contributed by atoms with Crippen LogP contribution in [0.3, 0.4) is 0 Å². The van der Waals surface area contributed by atoms with Crippen LogP contribution in [0.5, 0.6) is 0 Å². The topological polar surface area (TPSA) is 133 Å². The highest BCUT2D eigenvalue weighted by molar-refractivity contribution is 7.89. The molecule has 1 saturated heterocycles. The first-order valence-electron chi connectivity index (χ1n) is 6.53. The summed E-state index contributed by atoms with van der Waals surface area (Å²) in [6, 6.07) is 3.86. The zero-order valence-corrected chi connectivity index (χ0v) is 12.4. The van der Waals surface area contributed by atoms with Gasteiger partial charge in [0.1, 0.15) is 5.69 Å². The molecule has 1 heterocycles. The normalized spacial score (nSPS) is 23.1. The fourth-order valence-corrected chi connectivity index (χ4v) is 3.17. The Balaban J connectivity index is 2.47. The molecule has 116 valence electrons. The molecule has 2 atom stereocenters. The minimum atomic E-state index is -3.97. The Morgan fingerprint density at radius 2 is 2.10 bits per heavy atom. The van der Waals surface area contributed by atoms with Gasteiger partial charge in [0.2, 0.25) is 10.0 Å². The van der Waals surface area contributed by atoms with Crippen molar-refractivity contribution in [2.24, 2.45) is 10.9 Å². The summed E-state index contributed by atoms with van der Waals surface area (Å²) in [6.07, 6.45) is 1.46. The lowest BCUT2D eigenvalue weighted by Crippen LogP contribution is -2.45. The number of sulfonamides is 1. The van der Waals surface area contributed by atoms with E-state index in [1.54, 1.807) is 0 Å². The number of nitro groups is 1. The number of nitro benzene ring substituents is 1. The van der Waals surface area contributed by atoms with Gasteiger partial charge in [0.25, 0.3) is 5.69 Å². The van der Waals surface area contributed by atoms with Crippen LogP contribution in [0.4, 0.5) is 11.4 Å². The number of rotatable bonds is 3. The van der Waals surface area contributed by atoms with Crippen molar-refractivity contribution in [2.45, 2.75) is 36.7 Å². The minimum Gasteiger partial charge on any atom is -0.363 e. The van der Waals surface area contributed by atoms with Gasteiger partial charge in [-0.3, -0.25) is 10.1 Å². The monoisotopic (exact) mass is 314 g/mol. The highest BCUT2D eigenvalue weighted by atomic mass is 32.2. The van der Waals surface area contributed by atoms with E-state index in [9.17, 15) is 18.5 Å². The van der Waals surface area contributed by atoms with E-state index in [4.69, 9.17) is 10.9 Å². The number of nitrogens with two attached hydrogens (primary N) is 2. The molecule has 0 spiro atoms. The third kappa shape index (κ3) is 3.31. The van der Waals surface area contributed by atoms with Crippen LogP contribution in [-0.2, 0) is 10.0 Å². The van der Waals surface area contributed by atoms with Crippen molar-refractivity contribution in [3.8, 4) is 0 Å². The summed E-state index contributed by atoms with van der Waals surface area (Å²) in [7, 11) is -3.97. The molecule has 0 amide bonds. The van der Waals surface area contributed by atoms with Gasteiger partial charge in [0.15, 0.2) is 0 Å². The molecule has 0 bridgehead atoms. The predicted molar refractivity (Wildman–Crippen MR) is 78.5 cm³/mol. The average molecular weight is 314 g/mol. The molecule has 0 aliphatic carbocycles. The van der Waals surface area contributed by atoms with Crippen molar-refractivity contribution in [1.29, 1.82) is 0 Å². The Morgan fingerprint density at radius 3 is 2.62 bits per heavy atom. The molecule has 1 aromatic rings. The van der Waals surface area contributed by atoms with Crippen molar-refractivity contribution >= 4 is 21.4 Å². The molecular formula is C12H18N4O4S. The molecule has 1 fully saturated rings. The Morgan fingerprint density at radius 1 is 1.43 bits per heavy atom. The first-order chi connectivity index (χ1) is 9.70. The second kappa shape index (κ2) is 5.58. The number of nitrogens with zero attached hydrogens (tertiary/aromatic N) is 2. The quantitative estimate of drug-likeness (QED) is 0.618. The number of anilines is 1. The number of hydrogen-bond donors (Lipinski definition) is 2. The van der Waals surface area contributed by atoms with Crippen LogP contribution in [0.1, 0.15) is 19.8 Å². The molecular weight excluding hydrogens is 296 g/mol. The summed E-state index contributed by atoms with van der Waals surface area (Å²) in [6.45, 7) is 2.54. The molecule has 0 aromatic heterocycles. The SMILES string of the molecule is CC1CC(N)CCN1c1ccc(S(N)(=O)=O)cc1[N+](=O)[O-]. The standard InChI is InChI=1S/C12H18N4O4S/c1-8-6-9(13)4-5-15(8)11-3-2-10(21(14,19)20)7-12(11)16(17)18/h2-3,7-9H,4-6,13H2,1H3,(H2,14,19,20). The second-order valence-corrected chi connectivity index (χ2v) is 6.84. The van der Waals surface area contributed by atoms with Gasteiger partial charge >= 0.3 is 0 Å². The number of primary sulfonamides is 1. The molecule has 0 saturated carbocycles. The zero-order valence-electron chi connectivity index (χ0n) is 11.6. The fourth-order valence-electron chi connectivity index (χ4n) is 2.64. The van der Waals surface area contributed by atoms with Crippen molar-refractivity contribution < 1.29 is 13.3 Å². The van der Waals surface area contributed by atoms with Crippen molar-refractivity contribution in [3.05, 3.63) is 28.3 Å². The first-order valence-corrected chi connectivity index (χ1v) is 8.08. The van der Waals surface area contributed by atoms with Crippen LogP contribution in [0.2, 0.25) is 0 Å². The van der Waals surface area contributed by atoms with Crippen LogP contribution >= 0.6 is 0 Å². The molecule has 2 unspecified atom stereocenters. The molecule has 8 nitrogen and oxygen atoms in total. The van der Waals surface area contributed by atoms with Crippen LogP contribution in [-0.4, -0.2) is 32.0 Å². The van der Waals surface area contributed by atoms with E-state index < -0.39 is 14.9 Å². The van der Waals surface area contributed by atoms with Gasteiger partial charge in [-0.15, -0.1) is 0 Å². The van der Waals surface area contributed by atoms with Crippen LogP contribution in [0.15, 0.2) is 23.1 Å². The van der Waals surface area contributed by atoms with E-state index in [1.807, 2.05) is 11.8 Å². The minimum absolute atomic E-state index is 0.0489. The maximum atomic E-state index is 11.3. The van der Waals surface area contributed by atoms with Crippen molar-refractivity contribution in [3.63, 3.8) is 0 Å². The lowest BCUT2D eigenvalue weighted by Gasteiger charge is -2.37. The predicted octanol–water partition coefficient (Wildman–Crippen LogP) is 0.558. The van der Waals surface area contributed by atoms with Gasteiger partial charge in [0.05, 0.1) is 9.82 Å². The summed E-state index contributed by atoms with van der Waals surface area (Å²) >= 11 is 0. The van der Waals surface area contributed by atoms with Gasteiger partial charge < -0.3 is 10.6 Å². The number of piperidine rings is 1. The maximum Gasteiger partial charge on any atom is 0.293 e. The van der Waals surface area contributed by atoms with Gasteiger partial charge in [-0.25, -0.2) is 13.6 Å². The van der Waals surface area contributed by atoms with E-state index in [1.165, 1.54) is 12.1 Å². The van der Waals surface area contributed by atoms with E-state index >= 15 is 0 Å². The van der Waals surface area contributed by atoms with Gasteiger partial charge in [-0.1, -0.05) is 0 Å². The Labute approximate surface area is 122 Å². The van der Waals surface area contributed by atoms with E-state index in [2.05, 4.69) is 0 Å². The number of hydrogen-bond acceptors (Lipinski definition) is 6. The van der Waals surface area contributed by atoms with Crippen molar-refractivity contribution in [1.82, 2.24) is 0 Å². The molecule has 4 N–H and O–H groups in total. The summed E-state index contributed by atoms with van der Waals surface area (Å²) in [5.74, 6) is 0. The summed E-state index contributed by atoms with van der Waals surface area (Å²) < 4.78 is 22.7. The molecule has 2 rings (SSSR count). The van der Waals surface area contributed by atoms with Gasteiger partial charge in [0, 0.05) is 24.7 Å². The summed E-state index contributed by atoms with van der Waals surface area (Å²) in [4.78, 5) is 12.3. The van der Waals surface area contributed by atoms with Gasteiger partial charge in [-0.05, 0) is 31.9 Å². The summed E-state index contributed by atoms with van der Waals surface area (Å²) in [5.41, 5.74) is 6.02. The molecule has 21 heavy (non-hydrogen) atoms. The Kier molecular flexibility index (Phi) is 4.17. The molecule has 1 aliphatic heterocycles. The van der Waals surface area contributed by atoms with Crippen molar-refractivity contribution in [2.75, 3.05) is 11.4 Å². The lowest BCUT2D eigenvalue weighted by molar-refractivity contribution is -0.384. The van der Waals surface area contributed by atoms with Crippen LogP contribution in [0, 0.1) is 10.1 Å². The Bertz CT molecular complexity index is 661. The fraction of sp³-hybridized carbons (Fsp3) is 0.500. The smallest absolute Gasteiger partial charge is 0.293 e. The lowest BCUT2D eigenvalue weighted by atomic mass is 9.98. The highest BCUT2D eigenvalue weighted by Gasteiger charge is 2.29. The van der Waals surface area contributed by atoms with E-state index in [-0.39, 0.29) is 22.7 Å². The highest BCUT2D eigenvalue weighted by Crippen LogP contribution is 2.34. The van der Waals surface area contributed by atoms with E-state index in [0.717, 1.165) is 18.9 Å². The molecule has 1 aliphatic rings. The zero-order chi connectivity index (χ0) is 15.8. The Hall–Kier alpha value is -1.71. The first kappa shape index (κ1) is 15.7. The third-order valence-electron chi connectivity index (χ3n) is 3.70. The average Bonchev–Trinajstić information content (AvgIpc) is 2.37. The van der Waals surface area contributed by atoms with Gasteiger partial charge in [-0.2, -0.15) is 0 Å². The maximum absolute atomic E-state index is 11.3. The van der Waals surface area contributed by atoms with E-state index in [0.29, 0.717) is 12.2 Å². The largest absolute Gasteiger partial charge is 0.363 e. The summed E-state index contributed by atoms with van der Waals surface area (Å²) in [5, 5.41) is 16.3. The second-order valence-electron chi connectivity index (χ2n) is 5.28. The van der Waals surface area contributed by atoms with Crippen LogP contribution < -0.4 is 15.8 Å². The van der Waals surface area contributed by atoms with Crippen LogP contribution in [0.25, 0.3) is 0 Å².